The van der Waals surface area contributed by atoms with Crippen molar-refractivity contribution < 1.29 is 43.8 Å². The van der Waals surface area contributed by atoms with Crippen LogP contribution in [0, 0.1) is 5.92 Å². The van der Waals surface area contributed by atoms with Crippen molar-refractivity contribution in [1.29, 1.82) is 0 Å². The van der Waals surface area contributed by atoms with E-state index in [1.807, 2.05) is 0 Å². The molecular weight excluding hydrogens is 456 g/mol. The molecule has 0 saturated heterocycles. The standard InChI is InChI=1S/C19H32N6O9/c1-8(2)5-9(20)16(30)24-12(7-15(28)29)18(32)25-11(6-14(22)27)17(31)23-10(19(33)34)3-4-13(21)26/h8-12H,3-7,20H2,1-2H3,(H2,21,26)(H2,22,27)(H,23,31)(H,24,30)(H,25,32)(H,28,29)(H,33,34). The SMILES string of the molecule is CC(C)CC(N)C(=O)NC(CC(=O)O)C(=O)NC(CC(N)=O)C(=O)NC(CCC(N)=O)C(=O)O. The van der Waals surface area contributed by atoms with Gasteiger partial charge in [0.1, 0.15) is 18.1 Å². The predicted octanol–water partition coefficient (Wildman–Crippen LogP) is -3.49. The molecule has 0 aliphatic rings. The van der Waals surface area contributed by atoms with Crippen LogP contribution in [-0.4, -0.2) is 75.9 Å². The fourth-order valence-corrected chi connectivity index (χ4v) is 2.78. The van der Waals surface area contributed by atoms with Crippen LogP contribution in [0.1, 0.15) is 46.0 Å². The number of hydrogen-bond acceptors (Lipinski definition) is 8. The minimum atomic E-state index is -1.70. The molecule has 34 heavy (non-hydrogen) atoms. The zero-order valence-corrected chi connectivity index (χ0v) is 18.9. The molecule has 4 unspecified atom stereocenters. The van der Waals surface area contributed by atoms with E-state index >= 15 is 0 Å². The van der Waals surface area contributed by atoms with Crippen molar-refractivity contribution in [3.63, 3.8) is 0 Å². The van der Waals surface area contributed by atoms with Crippen molar-refractivity contribution in [3.8, 4) is 0 Å². The molecule has 15 heteroatoms. The number of amides is 5. The molecule has 0 saturated carbocycles. The summed E-state index contributed by atoms with van der Waals surface area (Å²) in [6.07, 6.45) is -2.11. The predicted molar refractivity (Wildman–Crippen MR) is 115 cm³/mol. The molecule has 5 amide bonds. The van der Waals surface area contributed by atoms with E-state index in [4.69, 9.17) is 22.3 Å². The third-order valence-electron chi connectivity index (χ3n) is 4.41. The highest BCUT2D eigenvalue weighted by molar-refractivity contribution is 5.97. The van der Waals surface area contributed by atoms with Crippen molar-refractivity contribution in [1.82, 2.24) is 16.0 Å². The summed E-state index contributed by atoms with van der Waals surface area (Å²) in [6, 6.07) is -5.96. The van der Waals surface area contributed by atoms with E-state index in [1.54, 1.807) is 13.8 Å². The molecule has 0 aromatic rings. The number of primary amides is 2. The van der Waals surface area contributed by atoms with Gasteiger partial charge in [-0.05, 0) is 18.8 Å². The molecule has 0 radical (unpaired) electrons. The zero-order valence-electron chi connectivity index (χ0n) is 18.9. The van der Waals surface area contributed by atoms with Crippen molar-refractivity contribution in [2.75, 3.05) is 0 Å². The van der Waals surface area contributed by atoms with E-state index in [2.05, 4.69) is 16.0 Å². The van der Waals surface area contributed by atoms with E-state index in [0.717, 1.165) is 0 Å². The Bertz CT molecular complexity index is 801. The molecule has 0 aliphatic carbocycles. The molecular formula is C19H32N6O9. The van der Waals surface area contributed by atoms with Gasteiger partial charge in [-0.1, -0.05) is 13.8 Å². The molecule has 0 bridgehead atoms. The molecule has 11 N–H and O–H groups in total. The summed E-state index contributed by atoms with van der Waals surface area (Å²) >= 11 is 0. The summed E-state index contributed by atoms with van der Waals surface area (Å²) in [7, 11) is 0. The summed E-state index contributed by atoms with van der Waals surface area (Å²) in [5.74, 6) is -7.86. The van der Waals surface area contributed by atoms with Crippen molar-refractivity contribution >= 4 is 41.5 Å². The third kappa shape index (κ3) is 12.3. The van der Waals surface area contributed by atoms with Gasteiger partial charge in [-0.2, -0.15) is 0 Å². The second-order valence-electron chi connectivity index (χ2n) is 8.03. The van der Waals surface area contributed by atoms with Crippen LogP contribution in [0.15, 0.2) is 0 Å². The molecule has 0 aliphatic heterocycles. The molecule has 15 nitrogen and oxygen atoms in total. The van der Waals surface area contributed by atoms with E-state index in [1.165, 1.54) is 0 Å². The minimum Gasteiger partial charge on any atom is -0.481 e. The Kier molecular flexibility index (Phi) is 12.8. The van der Waals surface area contributed by atoms with E-state index in [0.29, 0.717) is 0 Å². The lowest BCUT2D eigenvalue weighted by molar-refractivity contribution is -0.143. The second-order valence-corrected chi connectivity index (χ2v) is 8.03. The van der Waals surface area contributed by atoms with Gasteiger partial charge in [0.15, 0.2) is 0 Å². The average Bonchev–Trinajstić information content (AvgIpc) is 2.68. The zero-order chi connectivity index (χ0) is 26.6. The minimum absolute atomic E-state index is 0.0351. The smallest absolute Gasteiger partial charge is 0.326 e. The van der Waals surface area contributed by atoms with Gasteiger partial charge in [-0.25, -0.2) is 4.79 Å². The Balaban J connectivity index is 5.54. The molecule has 0 heterocycles. The number of nitrogens with one attached hydrogen (secondary N) is 3. The average molecular weight is 488 g/mol. The molecule has 4 atom stereocenters. The van der Waals surface area contributed by atoms with Crippen LogP contribution in [0.4, 0.5) is 0 Å². The summed E-state index contributed by atoms with van der Waals surface area (Å²) in [4.78, 5) is 82.2. The highest BCUT2D eigenvalue weighted by atomic mass is 16.4. The number of nitrogens with two attached hydrogens (primary N) is 3. The maximum atomic E-state index is 12.7. The Morgan fingerprint density at radius 2 is 1.21 bits per heavy atom. The molecule has 0 aromatic carbocycles. The second kappa shape index (κ2) is 14.4. The number of rotatable bonds is 16. The number of carbonyl (C=O) groups excluding carboxylic acids is 5. The van der Waals surface area contributed by atoms with E-state index < -0.39 is 78.5 Å². The third-order valence-corrected chi connectivity index (χ3v) is 4.41. The number of carbonyl (C=O) groups is 7. The molecule has 0 spiro atoms. The topological polar surface area (TPSA) is 274 Å². The summed E-state index contributed by atoms with van der Waals surface area (Å²) in [5, 5.41) is 24.6. The molecule has 0 rings (SSSR count). The molecule has 0 fully saturated rings. The fourth-order valence-electron chi connectivity index (χ4n) is 2.78. The van der Waals surface area contributed by atoms with Gasteiger partial charge in [-0.15, -0.1) is 0 Å². The van der Waals surface area contributed by atoms with Gasteiger partial charge in [0.25, 0.3) is 0 Å². The highest BCUT2D eigenvalue weighted by Crippen LogP contribution is 2.05. The maximum absolute atomic E-state index is 12.7. The molecule has 192 valence electrons. The lowest BCUT2D eigenvalue weighted by Crippen LogP contribution is -2.58. The van der Waals surface area contributed by atoms with Crippen LogP contribution < -0.4 is 33.2 Å². The normalized spacial score (nSPS) is 14.2. The Morgan fingerprint density at radius 1 is 0.735 bits per heavy atom. The largest absolute Gasteiger partial charge is 0.481 e. The van der Waals surface area contributed by atoms with Crippen LogP contribution in [0.25, 0.3) is 0 Å². The van der Waals surface area contributed by atoms with Crippen molar-refractivity contribution in [2.24, 2.45) is 23.1 Å². The first-order valence-corrected chi connectivity index (χ1v) is 10.3. The van der Waals surface area contributed by atoms with Crippen molar-refractivity contribution in [3.05, 3.63) is 0 Å². The van der Waals surface area contributed by atoms with Gasteiger partial charge in [-0.3, -0.25) is 28.8 Å². The summed E-state index contributed by atoms with van der Waals surface area (Å²) in [6.45, 7) is 3.60. The Hall–Kier alpha value is -3.75. The van der Waals surface area contributed by atoms with Gasteiger partial charge < -0.3 is 43.4 Å². The van der Waals surface area contributed by atoms with Gasteiger partial charge in [0, 0.05) is 6.42 Å². The van der Waals surface area contributed by atoms with Crippen LogP contribution >= 0.6 is 0 Å². The first-order chi connectivity index (χ1) is 15.6. The lowest BCUT2D eigenvalue weighted by atomic mass is 10.0. The van der Waals surface area contributed by atoms with Crippen LogP contribution in [0.2, 0.25) is 0 Å². The monoisotopic (exact) mass is 488 g/mol. The molecule has 0 aromatic heterocycles. The highest BCUT2D eigenvalue weighted by Gasteiger charge is 2.32. The van der Waals surface area contributed by atoms with Crippen LogP contribution in [0.5, 0.6) is 0 Å². The number of aliphatic carboxylic acids is 2. The Labute approximate surface area is 195 Å². The summed E-state index contributed by atoms with van der Waals surface area (Å²) < 4.78 is 0. The first-order valence-electron chi connectivity index (χ1n) is 10.3. The van der Waals surface area contributed by atoms with Gasteiger partial charge in [0.05, 0.1) is 18.9 Å². The maximum Gasteiger partial charge on any atom is 0.326 e. The van der Waals surface area contributed by atoms with Gasteiger partial charge >= 0.3 is 11.9 Å². The number of carboxylic acids is 2. The van der Waals surface area contributed by atoms with Crippen LogP contribution in [0.3, 0.4) is 0 Å². The number of hydrogen-bond donors (Lipinski definition) is 8. The first kappa shape index (κ1) is 30.2. The van der Waals surface area contributed by atoms with E-state index in [9.17, 15) is 38.7 Å². The number of carboxylic acid groups (broad SMARTS) is 2. The Morgan fingerprint density at radius 3 is 1.62 bits per heavy atom. The van der Waals surface area contributed by atoms with Crippen molar-refractivity contribution in [2.45, 2.75) is 70.1 Å². The lowest BCUT2D eigenvalue weighted by Gasteiger charge is -2.24. The fraction of sp³-hybridized carbons (Fsp3) is 0.632. The van der Waals surface area contributed by atoms with Gasteiger partial charge in [0.2, 0.25) is 29.5 Å². The quantitative estimate of drug-likeness (QED) is 0.106. The summed E-state index contributed by atoms with van der Waals surface area (Å²) in [5.41, 5.74) is 15.8. The van der Waals surface area contributed by atoms with Crippen LogP contribution in [-0.2, 0) is 33.6 Å². The van der Waals surface area contributed by atoms with E-state index in [-0.39, 0.29) is 25.2 Å².